The van der Waals surface area contributed by atoms with Crippen LogP contribution in [0.4, 0.5) is 17.1 Å². The molecule has 0 bridgehead atoms. The monoisotopic (exact) mass is 992 g/mol. The Morgan fingerprint density at radius 1 is 0.658 bits per heavy atom. The van der Waals surface area contributed by atoms with Gasteiger partial charge in [0.05, 0.1) is 22.8 Å². The number of ether oxygens (including phenoxy) is 1. The van der Waals surface area contributed by atoms with Gasteiger partial charge in [-0.2, -0.15) is 0 Å². The van der Waals surface area contributed by atoms with Crippen LogP contribution in [-0.4, -0.2) is 5.11 Å². The van der Waals surface area contributed by atoms with Crippen molar-refractivity contribution in [3.63, 3.8) is 0 Å². The van der Waals surface area contributed by atoms with Crippen LogP contribution < -0.4 is 19.8 Å². The van der Waals surface area contributed by atoms with Crippen molar-refractivity contribution in [1.82, 2.24) is 0 Å². The molecule has 0 saturated carbocycles. The Labute approximate surface area is 444 Å². The van der Waals surface area contributed by atoms with Gasteiger partial charge in [-0.3, -0.25) is 0 Å². The van der Waals surface area contributed by atoms with E-state index in [4.69, 9.17) is 13.6 Å². The van der Waals surface area contributed by atoms with Gasteiger partial charge in [0.25, 0.3) is 0 Å². The predicted octanol–water partition coefficient (Wildman–Crippen LogP) is 18.6. The number of allylic oxidation sites excluding steroid dienone is 10. The highest BCUT2D eigenvalue weighted by Gasteiger charge is 2.28. The van der Waals surface area contributed by atoms with E-state index < -0.39 is 0 Å². The molecule has 1 aliphatic rings. The van der Waals surface area contributed by atoms with E-state index >= 15 is 0 Å². The number of anilines is 3. The average molecular weight is 993 g/mol. The number of rotatable bonds is 14. The molecule has 76 heavy (non-hydrogen) atoms. The number of nitrogens with zero attached hydrogens (tertiary/aromatic N) is 2. The van der Waals surface area contributed by atoms with Crippen LogP contribution >= 0.6 is 0 Å². The number of furan rings is 2. The number of hydrogen-bond donors (Lipinski definition) is 1. The molecule has 0 atom stereocenters. The smallest absolute Gasteiger partial charge is 0.159 e. The summed E-state index contributed by atoms with van der Waals surface area (Å²) in [5.41, 5.74) is 13.7. The van der Waals surface area contributed by atoms with E-state index in [0.717, 1.165) is 129 Å². The van der Waals surface area contributed by atoms with Crippen LogP contribution in [0.5, 0.6) is 17.2 Å². The molecule has 6 nitrogen and oxygen atoms in total. The molecule has 374 valence electrons. The number of phenolic OH excluding ortho intramolecular Hbond substituents is 1. The summed E-state index contributed by atoms with van der Waals surface area (Å²) in [6.45, 7) is 16.7. The summed E-state index contributed by atoms with van der Waals surface area (Å²) >= 11 is 0. The van der Waals surface area contributed by atoms with E-state index in [0.29, 0.717) is 12.2 Å². The van der Waals surface area contributed by atoms with Gasteiger partial charge in [-0.1, -0.05) is 164 Å². The largest absolute Gasteiger partial charge is 0.508 e. The van der Waals surface area contributed by atoms with Gasteiger partial charge in [-0.05, 0) is 153 Å². The summed E-state index contributed by atoms with van der Waals surface area (Å²) in [5, 5.41) is 18.4. The van der Waals surface area contributed by atoms with Crippen molar-refractivity contribution in [2.75, 3.05) is 9.80 Å². The lowest BCUT2D eigenvalue weighted by atomic mass is 9.93. The van der Waals surface area contributed by atoms with Crippen molar-refractivity contribution in [1.29, 1.82) is 0 Å². The van der Waals surface area contributed by atoms with Crippen molar-refractivity contribution < 1.29 is 18.7 Å². The Kier molecular flexibility index (Phi) is 13.5. The SMILES string of the molecule is C=C/C=C\c1oc2c(c1C)C=CCC=C2N(/C(C)=C/C=C\Cc1ccccc1O)c1ccc2ccc(C)c3/c(=C\C=C(/C)N(c4cccc(C)c4Oc4ccccc4C)c4cccc5c4oc4ccccc45)ccc1c23. The van der Waals surface area contributed by atoms with Gasteiger partial charge in [0.2, 0.25) is 0 Å². The molecule has 0 amide bonds. The molecule has 11 rings (SSSR count). The van der Waals surface area contributed by atoms with Crippen LogP contribution in [0.3, 0.4) is 0 Å². The zero-order valence-corrected chi connectivity index (χ0v) is 43.9. The Bertz CT molecular complexity index is 4150. The Morgan fingerprint density at radius 2 is 1.41 bits per heavy atom. The zero-order valence-electron chi connectivity index (χ0n) is 43.9. The summed E-state index contributed by atoms with van der Waals surface area (Å²) < 4.78 is 20.5. The van der Waals surface area contributed by atoms with Crippen LogP contribution in [-0.2, 0) is 6.42 Å². The molecule has 10 aromatic rings. The van der Waals surface area contributed by atoms with Crippen LogP contribution in [0.2, 0.25) is 0 Å². The number of para-hydroxylation sites is 5. The molecule has 1 aliphatic carbocycles. The second-order valence-electron chi connectivity index (χ2n) is 19.6. The van der Waals surface area contributed by atoms with Gasteiger partial charge < -0.3 is 28.5 Å². The molecule has 0 aliphatic heterocycles. The van der Waals surface area contributed by atoms with Gasteiger partial charge in [-0.15, -0.1) is 0 Å². The number of aromatic hydroxyl groups is 1. The quantitative estimate of drug-likeness (QED) is 0.110. The first-order valence-corrected chi connectivity index (χ1v) is 26.0. The van der Waals surface area contributed by atoms with E-state index in [1.165, 1.54) is 16.3 Å². The maximum absolute atomic E-state index is 10.5. The molecule has 2 aromatic heterocycles. The topological polar surface area (TPSA) is 62.2 Å². The number of hydrogen-bond acceptors (Lipinski definition) is 6. The third kappa shape index (κ3) is 9.13. The van der Waals surface area contributed by atoms with E-state index in [9.17, 15) is 5.11 Å². The fraction of sp³-hybridized carbons (Fsp3) is 0.114. The lowest BCUT2D eigenvalue weighted by Gasteiger charge is -2.29. The standard InChI is InChI=1S/C70H60N2O4/c1-8-9-34-64-50(7)54-27-14-16-30-60(69(54)75-64)71(48(5)24-11-12-25-51-26-13-17-33-62(51)73)58-44-42-53-39-37-46(3)66-52(41-43-57(58)67(53)66)40-38-49(6)72(61-32-21-29-56-55-28-15-19-36-65(55)76-70(56)61)59-31-20-23-47(4)68(59)74-63-35-18-10-22-45(63)2/h8-15,17-24,26-44,73H,1,16,25H2,2-7H3/b12-11-,34-9-,48-24+,49-38+,52-40-. The number of phenols is 1. The molecule has 0 spiro atoms. The van der Waals surface area contributed by atoms with E-state index in [2.05, 4.69) is 198 Å². The van der Waals surface area contributed by atoms with Crippen LogP contribution in [0.15, 0.2) is 221 Å². The summed E-state index contributed by atoms with van der Waals surface area (Å²) in [6.07, 6.45) is 24.4. The highest BCUT2D eigenvalue weighted by atomic mass is 16.5. The van der Waals surface area contributed by atoms with Crippen molar-refractivity contribution in [3.05, 3.63) is 262 Å². The van der Waals surface area contributed by atoms with Crippen molar-refractivity contribution in [2.24, 2.45) is 0 Å². The first-order chi connectivity index (χ1) is 37.1. The van der Waals surface area contributed by atoms with Crippen molar-refractivity contribution >= 4 is 84.5 Å². The Hall–Kier alpha value is -9.26. The normalized spacial score (nSPS) is 13.4. The maximum atomic E-state index is 10.5. The minimum Gasteiger partial charge on any atom is -0.508 e. The van der Waals surface area contributed by atoms with Gasteiger partial charge >= 0.3 is 0 Å². The van der Waals surface area contributed by atoms with Gasteiger partial charge in [-0.25, -0.2) is 0 Å². The number of fused-ring (bicyclic) bond motifs is 4. The second kappa shape index (κ2) is 20.9. The lowest BCUT2D eigenvalue weighted by Crippen LogP contribution is -2.20. The Balaban J connectivity index is 1.08. The lowest BCUT2D eigenvalue weighted by molar-refractivity contribution is 0.469. The molecule has 1 N–H and O–H groups in total. The summed E-state index contributed by atoms with van der Waals surface area (Å²) in [6, 6.07) is 50.1. The fourth-order valence-corrected chi connectivity index (χ4v) is 10.7. The molecule has 0 radical (unpaired) electrons. The van der Waals surface area contributed by atoms with Crippen LogP contribution in [0, 0.1) is 27.7 Å². The minimum atomic E-state index is 0.293. The molecule has 0 fully saturated rings. The van der Waals surface area contributed by atoms with Crippen molar-refractivity contribution in [2.45, 2.75) is 54.4 Å². The highest BCUT2D eigenvalue weighted by molar-refractivity contribution is 6.17. The molecular formula is C70H60N2O4. The van der Waals surface area contributed by atoms with Gasteiger partial charge in [0, 0.05) is 38.7 Å². The zero-order chi connectivity index (χ0) is 52.5. The average Bonchev–Trinajstić information content (AvgIpc) is 3.96. The first kappa shape index (κ1) is 49.0. The summed E-state index contributed by atoms with van der Waals surface area (Å²) in [5.74, 6) is 3.47. The van der Waals surface area contributed by atoms with Crippen LogP contribution in [0.1, 0.15) is 65.2 Å². The first-order valence-electron chi connectivity index (χ1n) is 26.0. The maximum Gasteiger partial charge on any atom is 0.159 e. The molecule has 0 saturated heterocycles. The summed E-state index contributed by atoms with van der Waals surface area (Å²) in [4.78, 5) is 4.62. The number of aryl methyl sites for hydroxylation is 3. The molecule has 2 heterocycles. The molecular weight excluding hydrogens is 933 g/mol. The minimum absolute atomic E-state index is 0.293. The van der Waals surface area contributed by atoms with Gasteiger partial charge in [0.1, 0.15) is 22.8 Å². The second-order valence-corrected chi connectivity index (χ2v) is 19.6. The summed E-state index contributed by atoms with van der Waals surface area (Å²) in [7, 11) is 0. The fourth-order valence-electron chi connectivity index (χ4n) is 10.7. The third-order valence-corrected chi connectivity index (χ3v) is 14.6. The van der Waals surface area contributed by atoms with Crippen LogP contribution in [0.25, 0.3) is 67.4 Å². The van der Waals surface area contributed by atoms with Gasteiger partial charge in [0.15, 0.2) is 17.1 Å². The molecule has 8 aromatic carbocycles. The highest BCUT2D eigenvalue weighted by Crippen LogP contribution is 2.46. The van der Waals surface area contributed by atoms with E-state index in [-0.39, 0.29) is 0 Å². The Morgan fingerprint density at radius 3 is 2.26 bits per heavy atom. The van der Waals surface area contributed by atoms with E-state index in [1.807, 2.05) is 60.7 Å². The predicted molar refractivity (Wildman–Crippen MR) is 319 cm³/mol. The molecule has 6 heteroatoms. The van der Waals surface area contributed by atoms with Crippen molar-refractivity contribution in [3.8, 4) is 17.2 Å². The van der Waals surface area contributed by atoms with E-state index in [1.54, 1.807) is 12.1 Å². The third-order valence-electron chi connectivity index (χ3n) is 14.6. The molecule has 0 unspecified atom stereocenters. The number of benzene rings is 8.